The molecular weight excluding hydrogens is 454 g/mol. The highest BCUT2D eigenvalue weighted by molar-refractivity contribution is 7.92. The van der Waals surface area contributed by atoms with Gasteiger partial charge in [-0.3, -0.25) is 20.3 Å². The van der Waals surface area contributed by atoms with Gasteiger partial charge in [-0.05, 0) is 61.0 Å². The number of anilines is 2. The normalized spacial score (nSPS) is 11.5. The molecule has 0 aliphatic heterocycles. The Bertz CT molecular complexity index is 1330. The molecule has 3 aromatic carbocycles. The lowest BCUT2D eigenvalue weighted by molar-refractivity contribution is -0.384. The molecule has 0 fully saturated rings. The van der Waals surface area contributed by atoms with Crippen LogP contribution in [0.5, 0.6) is 0 Å². The van der Waals surface area contributed by atoms with Crippen molar-refractivity contribution in [3.8, 4) is 6.07 Å². The van der Waals surface area contributed by atoms with Gasteiger partial charge in [0.05, 0.1) is 27.2 Å². The van der Waals surface area contributed by atoms with E-state index in [0.29, 0.717) is 21.9 Å². The van der Waals surface area contributed by atoms with Crippen molar-refractivity contribution >= 4 is 44.4 Å². The van der Waals surface area contributed by atoms with E-state index in [1.165, 1.54) is 36.4 Å². The smallest absolute Gasteiger partial charge is 0.280 e. The van der Waals surface area contributed by atoms with E-state index in [1.54, 1.807) is 31.2 Å². The van der Waals surface area contributed by atoms with E-state index in [1.807, 2.05) is 6.07 Å². The van der Waals surface area contributed by atoms with E-state index in [-0.39, 0.29) is 16.3 Å². The minimum Gasteiger partial charge on any atom is -0.280 e. The van der Waals surface area contributed by atoms with Crippen molar-refractivity contribution in [2.75, 3.05) is 10.1 Å². The van der Waals surface area contributed by atoms with E-state index in [9.17, 15) is 18.5 Å². The van der Waals surface area contributed by atoms with Gasteiger partial charge < -0.3 is 0 Å². The largest absolute Gasteiger partial charge is 0.295 e. The number of sulfonamides is 1. The van der Waals surface area contributed by atoms with Gasteiger partial charge in [0.2, 0.25) is 0 Å². The number of halogens is 1. The lowest BCUT2D eigenvalue weighted by atomic mass is 10.1. The summed E-state index contributed by atoms with van der Waals surface area (Å²) in [5, 5.41) is 25.0. The van der Waals surface area contributed by atoms with Crippen molar-refractivity contribution < 1.29 is 13.3 Å². The summed E-state index contributed by atoms with van der Waals surface area (Å²) in [6.45, 7) is 1.69. The number of nitrogens with one attached hydrogen (secondary N) is 2. The van der Waals surface area contributed by atoms with Gasteiger partial charge in [-0.25, -0.2) is 8.42 Å². The average molecular weight is 470 g/mol. The summed E-state index contributed by atoms with van der Waals surface area (Å²) >= 11 is 5.79. The number of rotatable bonds is 7. The molecular formula is C21H16ClN5O4S. The lowest BCUT2D eigenvalue weighted by Crippen LogP contribution is -2.13. The fourth-order valence-corrected chi connectivity index (χ4v) is 3.86. The molecule has 3 rings (SSSR count). The number of nitro benzene ring substituents is 1. The standard InChI is InChI=1S/C21H16ClN5O4S/c1-14(16-4-2-15(13-23)3-5-16)24-25-20-11-10-19(12-21(20)27(28)29)32(30,31)26-18-8-6-17(22)7-9-18/h2-12,25-26H,1H3/b24-14-. The van der Waals surface area contributed by atoms with Crippen LogP contribution in [0.2, 0.25) is 5.02 Å². The Balaban J connectivity index is 1.86. The number of benzene rings is 3. The third-order valence-electron chi connectivity index (χ3n) is 4.35. The van der Waals surface area contributed by atoms with Gasteiger partial charge in [-0.15, -0.1) is 0 Å². The quantitative estimate of drug-likeness (QED) is 0.290. The molecule has 0 spiro atoms. The van der Waals surface area contributed by atoms with Crippen LogP contribution >= 0.6 is 11.6 Å². The number of hydrazone groups is 1. The summed E-state index contributed by atoms with van der Waals surface area (Å²) in [4.78, 5) is 10.6. The molecule has 9 nitrogen and oxygen atoms in total. The number of nitrogens with zero attached hydrogens (tertiary/aromatic N) is 3. The van der Waals surface area contributed by atoms with Crippen LogP contribution in [0.1, 0.15) is 18.1 Å². The number of hydrogen-bond donors (Lipinski definition) is 2. The van der Waals surface area contributed by atoms with Crippen LogP contribution in [-0.4, -0.2) is 19.1 Å². The Morgan fingerprint density at radius 1 is 1.09 bits per heavy atom. The van der Waals surface area contributed by atoms with Crippen LogP contribution in [0.25, 0.3) is 0 Å². The number of nitro groups is 1. The van der Waals surface area contributed by atoms with Crippen LogP contribution in [0, 0.1) is 21.4 Å². The second kappa shape index (κ2) is 9.47. The first-order valence-electron chi connectivity index (χ1n) is 9.07. The molecule has 0 bridgehead atoms. The highest BCUT2D eigenvalue weighted by atomic mass is 35.5. The molecule has 0 heterocycles. The third-order valence-corrected chi connectivity index (χ3v) is 5.98. The highest BCUT2D eigenvalue weighted by Gasteiger charge is 2.21. The van der Waals surface area contributed by atoms with Crippen LogP contribution in [-0.2, 0) is 10.0 Å². The maximum Gasteiger partial charge on any atom is 0.295 e. The van der Waals surface area contributed by atoms with Gasteiger partial charge in [0.1, 0.15) is 5.69 Å². The van der Waals surface area contributed by atoms with E-state index in [2.05, 4.69) is 15.2 Å². The number of hydrogen-bond acceptors (Lipinski definition) is 7. The SMILES string of the molecule is C/C(=N/Nc1ccc(S(=O)(=O)Nc2ccc(Cl)cc2)cc1[N+](=O)[O-])c1ccc(C#N)cc1. The van der Waals surface area contributed by atoms with Crippen molar-refractivity contribution in [1.82, 2.24) is 0 Å². The predicted octanol–water partition coefficient (Wildman–Crippen LogP) is 4.76. The van der Waals surface area contributed by atoms with Gasteiger partial charge in [-0.2, -0.15) is 10.4 Å². The van der Waals surface area contributed by atoms with Crippen molar-refractivity contribution in [3.05, 3.63) is 93.0 Å². The van der Waals surface area contributed by atoms with Gasteiger partial charge in [-0.1, -0.05) is 23.7 Å². The van der Waals surface area contributed by atoms with Gasteiger partial charge in [0, 0.05) is 16.8 Å². The van der Waals surface area contributed by atoms with E-state index in [4.69, 9.17) is 16.9 Å². The topological polar surface area (TPSA) is 137 Å². The van der Waals surface area contributed by atoms with Gasteiger partial charge in [0.15, 0.2) is 0 Å². The average Bonchev–Trinajstić information content (AvgIpc) is 2.78. The highest BCUT2D eigenvalue weighted by Crippen LogP contribution is 2.29. The molecule has 0 atom stereocenters. The van der Waals surface area contributed by atoms with Crippen molar-refractivity contribution in [3.63, 3.8) is 0 Å². The number of nitriles is 1. The summed E-state index contributed by atoms with van der Waals surface area (Å²) in [6, 6.07) is 18.1. The molecule has 0 unspecified atom stereocenters. The first-order chi connectivity index (χ1) is 15.2. The maximum absolute atomic E-state index is 12.6. The monoisotopic (exact) mass is 469 g/mol. The van der Waals surface area contributed by atoms with E-state index in [0.717, 1.165) is 6.07 Å². The summed E-state index contributed by atoms with van der Waals surface area (Å²) in [5.74, 6) is 0. The molecule has 0 aromatic heterocycles. The first kappa shape index (κ1) is 22.7. The summed E-state index contributed by atoms with van der Waals surface area (Å²) in [6.07, 6.45) is 0. The second-order valence-corrected chi connectivity index (χ2v) is 8.67. The molecule has 11 heteroatoms. The minimum atomic E-state index is -4.07. The first-order valence-corrected chi connectivity index (χ1v) is 10.9. The predicted molar refractivity (Wildman–Crippen MR) is 122 cm³/mol. The molecule has 162 valence electrons. The van der Waals surface area contributed by atoms with Crippen molar-refractivity contribution in [2.45, 2.75) is 11.8 Å². The van der Waals surface area contributed by atoms with Crippen LogP contribution in [0.3, 0.4) is 0 Å². The van der Waals surface area contributed by atoms with Crippen molar-refractivity contribution in [1.29, 1.82) is 5.26 Å². The lowest BCUT2D eigenvalue weighted by Gasteiger charge is -2.10. The zero-order valence-corrected chi connectivity index (χ0v) is 18.2. The second-order valence-electron chi connectivity index (χ2n) is 6.55. The Labute approximate surface area is 189 Å². The maximum atomic E-state index is 12.6. The summed E-state index contributed by atoms with van der Waals surface area (Å²) in [5.41, 5.74) is 4.16. The summed E-state index contributed by atoms with van der Waals surface area (Å²) in [7, 11) is -4.07. The Hall–Kier alpha value is -3.94. The van der Waals surface area contributed by atoms with E-state index < -0.39 is 20.6 Å². The molecule has 0 amide bonds. The molecule has 0 saturated heterocycles. The summed E-state index contributed by atoms with van der Waals surface area (Å²) < 4.78 is 27.6. The fraction of sp³-hybridized carbons (Fsp3) is 0.0476. The molecule has 3 aromatic rings. The van der Waals surface area contributed by atoms with Crippen LogP contribution in [0.4, 0.5) is 17.1 Å². The Morgan fingerprint density at radius 3 is 2.34 bits per heavy atom. The van der Waals surface area contributed by atoms with E-state index >= 15 is 0 Å². The van der Waals surface area contributed by atoms with Gasteiger partial charge >= 0.3 is 0 Å². The Morgan fingerprint density at radius 2 is 1.75 bits per heavy atom. The molecule has 0 saturated carbocycles. The van der Waals surface area contributed by atoms with Crippen LogP contribution in [0.15, 0.2) is 76.7 Å². The molecule has 0 aliphatic rings. The molecule has 0 aliphatic carbocycles. The van der Waals surface area contributed by atoms with Gasteiger partial charge in [0.25, 0.3) is 15.7 Å². The minimum absolute atomic E-state index is 0.0217. The molecule has 0 radical (unpaired) electrons. The zero-order chi connectivity index (χ0) is 23.3. The fourth-order valence-electron chi connectivity index (χ4n) is 2.65. The third kappa shape index (κ3) is 5.40. The molecule has 32 heavy (non-hydrogen) atoms. The van der Waals surface area contributed by atoms with Crippen molar-refractivity contribution in [2.24, 2.45) is 5.10 Å². The molecule has 2 N–H and O–H groups in total. The zero-order valence-electron chi connectivity index (χ0n) is 16.6. The Kier molecular flexibility index (Phi) is 6.73. The van der Waals surface area contributed by atoms with Crippen LogP contribution < -0.4 is 10.1 Å².